The molecule has 3 heterocycles. The van der Waals surface area contributed by atoms with Crippen molar-refractivity contribution < 1.29 is 4.79 Å². The van der Waals surface area contributed by atoms with Gasteiger partial charge in [0, 0.05) is 42.0 Å². The van der Waals surface area contributed by atoms with E-state index in [9.17, 15) is 4.79 Å². The Balaban J connectivity index is 1.49. The van der Waals surface area contributed by atoms with Gasteiger partial charge in [-0.1, -0.05) is 18.2 Å². The lowest BCUT2D eigenvalue weighted by molar-refractivity contribution is -0.113. The number of nitrogens with one attached hydrogen (secondary N) is 1. The van der Waals surface area contributed by atoms with Crippen molar-refractivity contribution in [2.24, 2.45) is 0 Å². The van der Waals surface area contributed by atoms with Crippen LogP contribution < -0.4 is 5.32 Å². The average molecular weight is 364 g/mol. The first-order valence-electron chi connectivity index (χ1n) is 8.78. The van der Waals surface area contributed by atoms with Crippen molar-refractivity contribution >= 4 is 23.4 Å². The second kappa shape index (κ2) is 7.74. The molecule has 26 heavy (non-hydrogen) atoms. The first kappa shape index (κ1) is 16.8. The van der Waals surface area contributed by atoms with Crippen molar-refractivity contribution in [3.8, 4) is 11.3 Å². The molecule has 1 aliphatic rings. The molecular weight excluding hydrogens is 344 g/mol. The molecule has 1 aromatic carbocycles. The van der Waals surface area contributed by atoms with Gasteiger partial charge in [0.25, 0.3) is 0 Å². The Labute approximate surface area is 156 Å². The third kappa shape index (κ3) is 3.80. The van der Waals surface area contributed by atoms with Crippen LogP contribution in [0, 0.1) is 0 Å². The highest BCUT2D eigenvalue weighted by Gasteiger charge is 2.16. The Morgan fingerprint density at radius 1 is 1.15 bits per heavy atom. The molecule has 3 aromatic rings. The topological polar surface area (TPSA) is 59.8 Å². The molecule has 2 aromatic heterocycles. The van der Waals surface area contributed by atoms with Gasteiger partial charge in [0.1, 0.15) is 5.82 Å². The van der Waals surface area contributed by atoms with E-state index in [2.05, 4.69) is 21.1 Å². The first-order valence-corrected chi connectivity index (χ1v) is 9.76. The summed E-state index contributed by atoms with van der Waals surface area (Å²) >= 11 is 1.50. The van der Waals surface area contributed by atoms with Crippen molar-refractivity contribution in [1.82, 2.24) is 14.5 Å². The predicted octanol–water partition coefficient (Wildman–Crippen LogP) is 4.01. The van der Waals surface area contributed by atoms with E-state index in [1.165, 1.54) is 24.6 Å². The van der Waals surface area contributed by atoms with E-state index >= 15 is 0 Å². The minimum atomic E-state index is -0.0248. The fourth-order valence-corrected chi connectivity index (χ4v) is 3.81. The third-order valence-electron chi connectivity index (χ3n) is 4.41. The molecule has 5 nitrogen and oxygen atoms in total. The zero-order valence-corrected chi connectivity index (χ0v) is 15.2. The molecular formula is C20H20N4OS. The van der Waals surface area contributed by atoms with E-state index in [0.29, 0.717) is 5.75 Å². The zero-order chi connectivity index (χ0) is 17.8. The SMILES string of the molecule is O=C(CSc1ccncc1)Nc1ccccc1-c1cn2c(n1)CCCC2. The van der Waals surface area contributed by atoms with Gasteiger partial charge in [-0.15, -0.1) is 11.8 Å². The summed E-state index contributed by atoms with van der Waals surface area (Å²) < 4.78 is 2.23. The van der Waals surface area contributed by atoms with Crippen LogP contribution in [0.3, 0.4) is 0 Å². The van der Waals surface area contributed by atoms with Crippen LogP contribution in [0.2, 0.25) is 0 Å². The Morgan fingerprint density at radius 3 is 2.85 bits per heavy atom. The van der Waals surface area contributed by atoms with E-state index < -0.39 is 0 Å². The Kier molecular flexibility index (Phi) is 5.02. The Morgan fingerprint density at radius 2 is 2.00 bits per heavy atom. The number of amides is 1. The highest BCUT2D eigenvalue weighted by atomic mass is 32.2. The van der Waals surface area contributed by atoms with E-state index in [1.807, 2.05) is 36.4 Å². The number of benzene rings is 1. The zero-order valence-electron chi connectivity index (χ0n) is 14.4. The number of para-hydroxylation sites is 1. The van der Waals surface area contributed by atoms with Crippen LogP contribution in [0.1, 0.15) is 18.7 Å². The van der Waals surface area contributed by atoms with Gasteiger partial charge < -0.3 is 9.88 Å². The third-order valence-corrected chi connectivity index (χ3v) is 5.42. The molecule has 0 radical (unpaired) electrons. The van der Waals surface area contributed by atoms with Gasteiger partial charge in [-0.3, -0.25) is 9.78 Å². The standard InChI is InChI=1S/C20H20N4OS/c25-20(14-26-15-8-10-21-11-9-15)23-17-6-2-1-5-16(17)18-13-24-12-4-3-7-19(24)22-18/h1-2,5-6,8-11,13H,3-4,7,12,14H2,(H,23,25). The number of fused-ring (bicyclic) bond motifs is 1. The van der Waals surface area contributed by atoms with Gasteiger partial charge in [-0.05, 0) is 31.0 Å². The molecule has 1 N–H and O–H groups in total. The smallest absolute Gasteiger partial charge is 0.234 e. The number of nitrogens with zero attached hydrogens (tertiary/aromatic N) is 3. The van der Waals surface area contributed by atoms with Crippen LogP contribution in [-0.2, 0) is 17.8 Å². The number of carbonyl (C=O) groups excluding carboxylic acids is 1. The lowest BCUT2D eigenvalue weighted by Crippen LogP contribution is -2.14. The van der Waals surface area contributed by atoms with Crippen molar-refractivity contribution in [2.75, 3.05) is 11.1 Å². The van der Waals surface area contributed by atoms with E-state index in [-0.39, 0.29) is 5.91 Å². The number of hydrogen-bond acceptors (Lipinski definition) is 4. The van der Waals surface area contributed by atoms with Crippen LogP contribution in [0.15, 0.2) is 59.9 Å². The first-order chi connectivity index (χ1) is 12.8. The molecule has 0 atom stereocenters. The highest BCUT2D eigenvalue weighted by molar-refractivity contribution is 8.00. The van der Waals surface area contributed by atoms with Crippen molar-refractivity contribution in [1.29, 1.82) is 0 Å². The van der Waals surface area contributed by atoms with Crippen molar-refractivity contribution in [3.05, 3.63) is 60.8 Å². The van der Waals surface area contributed by atoms with Gasteiger partial charge in [0.05, 0.1) is 17.1 Å². The van der Waals surface area contributed by atoms with Crippen LogP contribution >= 0.6 is 11.8 Å². The van der Waals surface area contributed by atoms with Crippen LogP contribution in [0.25, 0.3) is 11.3 Å². The minimum absolute atomic E-state index is 0.0248. The van der Waals surface area contributed by atoms with Crippen molar-refractivity contribution in [3.63, 3.8) is 0 Å². The largest absolute Gasteiger partial charge is 0.334 e. The van der Waals surface area contributed by atoms with Crippen LogP contribution in [-0.4, -0.2) is 26.2 Å². The molecule has 0 saturated carbocycles. The maximum absolute atomic E-state index is 12.4. The molecule has 0 spiro atoms. The maximum atomic E-state index is 12.4. The molecule has 1 amide bonds. The quantitative estimate of drug-likeness (QED) is 0.695. The summed E-state index contributed by atoms with van der Waals surface area (Å²) in [7, 11) is 0. The average Bonchev–Trinajstić information content (AvgIpc) is 3.12. The molecule has 0 aliphatic carbocycles. The van der Waals surface area contributed by atoms with E-state index in [0.717, 1.165) is 40.6 Å². The summed E-state index contributed by atoms with van der Waals surface area (Å²) in [5, 5.41) is 3.03. The summed E-state index contributed by atoms with van der Waals surface area (Å²) in [6.07, 6.45) is 8.99. The molecule has 4 rings (SSSR count). The summed E-state index contributed by atoms with van der Waals surface area (Å²) in [6.45, 7) is 1.03. The summed E-state index contributed by atoms with van der Waals surface area (Å²) in [6, 6.07) is 11.7. The number of rotatable bonds is 5. The Hall–Kier alpha value is -2.60. The monoisotopic (exact) mass is 364 g/mol. The second-order valence-corrected chi connectivity index (χ2v) is 7.31. The Bertz CT molecular complexity index is 884. The van der Waals surface area contributed by atoms with Gasteiger partial charge in [0.2, 0.25) is 5.91 Å². The summed E-state index contributed by atoms with van der Waals surface area (Å²) in [5.74, 6) is 1.47. The molecule has 132 valence electrons. The molecule has 0 unspecified atom stereocenters. The lowest BCUT2D eigenvalue weighted by Gasteiger charge is -2.11. The molecule has 0 bridgehead atoms. The van der Waals surface area contributed by atoms with E-state index in [1.54, 1.807) is 12.4 Å². The minimum Gasteiger partial charge on any atom is -0.334 e. The number of anilines is 1. The number of hydrogen-bond donors (Lipinski definition) is 1. The molecule has 0 fully saturated rings. The van der Waals surface area contributed by atoms with Crippen LogP contribution in [0.5, 0.6) is 0 Å². The molecule has 6 heteroatoms. The number of imidazole rings is 1. The van der Waals surface area contributed by atoms with Gasteiger partial charge >= 0.3 is 0 Å². The maximum Gasteiger partial charge on any atom is 0.234 e. The molecule has 1 aliphatic heterocycles. The van der Waals surface area contributed by atoms with Crippen LogP contribution in [0.4, 0.5) is 5.69 Å². The van der Waals surface area contributed by atoms with Gasteiger partial charge in [-0.25, -0.2) is 4.98 Å². The normalized spacial score (nSPS) is 13.2. The number of thioether (sulfide) groups is 1. The van der Waals surface area contributed by atoms with Crippen molar-refractivity contribution in [2.45, 2.75) is 30.7 Å². The summed E-state index contributed by atoms with van der Waals surface area (Å²) in [4.78, 5) is 22.2. The summed E-state index contributed by atoms with van der Waals surface area (Å²) in [5.41, 5.74) is 2.71. The highest BCUT2D eigenvalue weighted by Crippen LogP contribution is 2.29. The number of carbonyl (C=O) groups is 1. The number of aryl methyl sites for hydroxylation is 2. The fraction of sp³-hybridized carbons (Fsp3) is 0.250. The number of pyridine rings is 1. The van der Waals surface area contributed by atoms with Gasteiger partial charge in [0.15, 0.2) is 0 Å². The van der Waals surface area contributed by atoms with Gasteiger partial charge in [-0.2, -0.15) is 0 Å². The molecule has 0 saturated heterocycles. The van der Waals surface area contributed by atoms with E-state index in [4.69, 9.17) is 4.98 Å². The lowest BCUT2D eigenvalue weighted by atomic mass is 10.1. The predicted molar refractivity (Wildman–Crippen MR) is 104 cm³/mol. The number of aromatic nitrogens is 3. The second-order valence-electron chi connectivity index (χ2n) is 6.26. The fourth-order valence-electron chi connectivity index (χ4n) is 3.13.